The molecule has 0 saturated heterocycles. The van der Waals surface area contributed by atoms with Gasteiger partial charge >= 0.3 is 0 Å². The molecule has 1 fully saturated rings. The van der Waals surface area contributed by atoms with Crippen LogP contribution >= 0.6 is 0 Å². The van der Waals surface area contributed by atoms with E-state index in [1.165, 1.54) is 96.3 Å². The summed E-state index contributed by atoms with van der Waals surface area (Å²) in [6, 6.07) is 0. The summed E-state index contributed by atoms with van der Waals surface area (Å²) in [4.78, 5) is 0. The molecule has 0 nitrogen and oxygen atoms in total. The van der Waals surface area contributed by atoms with Crippen molar-refractivity contribution in [2.24, 2.45) is 11.8 Å². The molecular weight excluding hydrogens is 228 g/mol. The highest BCUT2D eigenvalue weighted by Gasteiger charge is 2.08. The topological polar surface area (TPSA) is 0 Å². The number of rotatable bonds is 0. The average molecular weight is 267 g/mol. The third-order valence-electron chi connectivity index (χ3n) is 4.95. The van der Waals surface area contributed by atoms with Gasteiger partial charge in [0.25, 0.3) is 0 Å². The first-order valence-electron chi connectivity index (χ1n) is 9.29. The van der Waals surface area contributed by atoms with E-state index in [1.54, 1.807) is 0 Å². The minimum absolute atomic E-state index is 0.964. The minimum atomic E-state index is 0.964. The molecule has 0 heteroatoms. The summed E-state index contributed by atoms with van der Waals surface area (Å²) in [5.41, 5.74) is 0. The zero-order valence-electron chi connectivity index (χ0n) is 13.8. The fraction of sp³-hybridized carbons (Fsp3) is 1.00. The van der Waals surface area contributed by atoms with Crippen LogP contribution in [0.3, 0.4) is 0 Å². The van der Waals surface area contributed by atoms with Crippen molar-refractivity contribution in [1.82, 2.24) is 0 Å². The molecule has 1 rings (SSSR count). The molecule has 0 aromatic carbocycles. The van der Waals surface area contributed by atoms with Gasteiger partial charge in [0.05, 0.1) is 0 Å². The predicted octanol–water partition coefficient (Wildman–Crippen LogP) is 7.12. The van der Waals surface area contributed by atoms with Gasteiger partial charge in [-0.15, -0.1) is 0 Å². The molecular formula is C19H38. The molecule has 114 valence electrons. The average Bonchev–Trinajstić information content (AvgIpc) is 2.38. The molecule has 0 spiro atoms. The molecule has 0 N–H and O–H groups in total. The monoisotopic (exact) mass is 266 g/mol. The van der Waals surface area contributed by atoms with Gasteiger partial charge in [-0.05, 0) is 18.3 Å². The smallest absolute Gasteiger partial charge is 0.0440 e. The Morgan fingerprint density at radius 1 is 0.421 bits per heavy atom. The molecule has 1 aliphatic rings. The van der Waals surface area contributed by atoms with E-state index >= 15 is 0 Å². The summed E-state index contributed by atoms with van der Waals surface area (Å²) in [7, 11) is 0. The van der Waals surface area contributed by atoms with Crippen LogP contribution in [0.4, 0.5) is 0 Å². The third kappa shape index (κ3) is 10.4. The lowest BCUT2D eigenvalue weighted by Crippen LogP contribution is -2.03. The minimum Gasteiger partial charge on any atom is -0.0625 e. The largest absolute Gasteiger partial charge is 0.0625 e. The van der Waals surface area contributed by atoms with E-state index in [0.29, 0.717) is 0 Å². The molecule has 19 heavy (non-hydrogen) atoms. The van der Waals surface area contributed by atoms with Crippen LogP contribution in [0.25, 0.3) is 0 Å². The lowest BCUT2D eigenvalue weighted by molar-refractivity contribution is 0.357. The molecule has 0 amide bonds. The van der Waals surface area contributed by atoms with Crippen LogP contribution in [0.15, 0.2) is 0 Å². The maximum atomic E-state index is 2.48. The van der Waals surface area contributed by atoms with Crippen LogP contribution in [0, 0.1) is 11.8 Å². The lowest BCUT2D eigenvalue weighted by atomic mass is 9.89. The quantitative estimate of drug-likeness (QED) is 0.437. The molecule has 2 atom stereocenters. The van der Waals surface area contributed by atoms with Crippen LogP contribution in [0.1, 0.15) is 110 Å². The van der Waals surface area contributed by atoms with Crippen molar-refractivity contribution >= 4 is 0 Å². The van der Waals surface area contributed by atoms with Gasteiger partial charge in [-0.2, -0.15) is 0 Å². The van der Waals surface area contributed by atoms with Crippen LogP contribution in [-0.2, 0) is 0 Å². The zero-order valence-corrected chi connectivity index (χ0v) is 13.8. The Bertz CT molecular complexity index is 164. The first-order chi connectivity index (χ1) is 9.29. The van der Waals surface area contributed by atoms with Crippen LogP contribution in [0.2, 0.25) is 0 Å². The number of hydrogen-bond donors (Lipinski definition) is 0. The van der Waals surface area contributed by atoms with Crippen molar-refractivity contribution in [3.8, 4) is 0 Å². The van der Waals surface area contributed by atoms with Crippen molar-refractivity contribution in [2.75, 3.05) is 0 Å². The summed E-state index contributed by atoms with van der Waals surface area (Å²) in [5, 5.41) is 0. The normalized spacial score (nSPS) is 30.6. The SMILES string of the molecule is CC1CCCCCCCCCCCCCCC(C)C1. The van der Waals surface area contributed by atoms with E-state index in [1.807, 2.05) is 0 Å². The summed E-state index contributed by atoms with van der Waals surface area (Å²) in [6.07, 6.45) is 22.3. The summed E-state index contributed by atoms with van der Waals surface area (Å²) in [5.74, 6) is 1.93. The van der Waals surface area contributed by atoms with E-state index in [0.717, 1.165) is 11.8 Å². The predicted molar refractivity (Wildman–Crippen MR) is 87.6 cm³/mol. The molecule has 1 saturated carbocycles. The van der Waals surface area contributed by atoms with Crippen molar-refractivity contribution in [1.29, 1.82) is 0 Å². The third-order valence-corrected chi connectivity index (χ3v) is 4.95. The maximum absolute atomic E-state index is 2.48. The second-order valence-corrected chi connectivity index (χ2v) is 7.27. The van der Waals surface area contributed by atoms with E-state index in [4.69, 9.17) is 0 Å². The van der Waals surface area contributed by atoms with Gasteiger partial charge in [-0.25, -0.2) is 0 Å². The van der Waals surface area contributed by atoms with Gasteiger partial charge in [-0.3, -0.25) is 0 Å². The Labute approximate surface area is 122 Å². The van der Waals surface area contributed by atoms with Crippen LogP contribution < -0.4 is 0 Å². The van der Waals surface area contributed by atoms with Crippen LogP contribution in [-0.4, -0.2) is 0 Å². The van der Waals surface area contributed by atoms with E-state index in [9.17, 15) is 0 Å². The second kappa shape index (κ2) is 11.8. The van der Waals surface area contributed by atoms with Crippen molar-refractivity contribution in [3.05, 3.63) is 0 Å². The Morgan fingerprint density at radius 2 is 0.684 bits per heavy atom. The van der Waals surface area contributed by atoms with E-state index in [2.05, 4.69) is 13.8 Å². The zero-order chi connectivity index (χ0) is 13.8. The molecule has 0 aromatic rings. The number of hydrogen-bond acceptors (Lipinski definition) is 0. The standard InChI is InChI=1S/C19H38/c1-18-15-13-11-9-7-5-3-4-6-8-10-12-14-16-19(2)17-18/h18-19H,3-17H2,1-2H3. The Morgan fingerprint density at radius 3 is 1.00 bits per heavy atom. The highest BCUT2D eigenvalue weighted by atomic mass is 14.1. The van der Waals surface area contributed by atoms with Gasteiger partial charge in [-0.1, -0.05) is 104 Å². The van der Waals surface area contributed by atoms with Gasteiger partial charge in [0.15, 0.2) is 0 Å². The van der Waals surface area contributed by atoms with Crippen LogP contribution in [0.5, 0.6) is 0 Å². The highest BCUT2D eigenvalue weighted by molar-refractivity contribution is 4.61. The molecule has 0 aromatic heterocycles. The second-order valence-electron chi connectivity index (χ2n) is 7.27. The Hall–Kier alpha value is 0. The van der Waals surface area contributed by atoms with Gasteiger partial charge < -0.3 is 0 Å². The Balaban J connectivity index is 2.19. The maximum Gasteiger partial charge on any atom is -0.0440 e. The van der Waals surface area contributed by atoms with Gasteiger partial charge in [0, 0.05) is 0 Å². The first kappa shape index (κ1) is 17.1. The summed E-state index contributed by atoms with van der Waals surface area (Å²) >= 11 is 0. The van der Waals surface area contributed by atoms with Gasteiger partial charge in [0.1, 0.15) is 0 Å². The van der Waals surface area contributed by atoms with E-state index in [-0.39, 0.29) is 0 Å². The fourth-order valence-corrected chi connectivity index (χ4v) is 3.68. The van der Waals surface area contributed by atoms with Crippen molar-refractivity contribution in [2.45, 2.75) is 110 Å². The highest BCUT2D eigenvalue weighted by Crippen LogP contribution is 2.23. The fourth-order valence-electron chi connectivity index (χ4n) is 3.68. The molecule has 0 aliphatic heterocycles. The van der Waals surface area contributed by atoms with Crippen molar-refractivity contribution < 1.29 is 0 Å². The Kier molecular flexibility index (Phi) is 10.6. The first-order valence-corrected chi connectivity index (χ1v) is 9.29. The molecule has 0 bridgehead atoms. The lowest BCUT2D eigenvalue weighted by Gasteiger charge is -2.17. The summed E-state index contributed by atoms with van der Waals surface area (Å²) in [6.45, 7) is 4.95. The molecule has 2 unspecified atom stereocenters. The van der Waals surface area contributed by atoms with Crippen molar-refractivity contribution in [3.63, 3.8) is 0 Å². The molecule has 1 aliphatic carbocycles. The summed E-state index contributed by atoms with van der Waals surface area (Å²) < 4.78 is 0. The van der Waals surface area contributed by atoms with Gasteiger partial charge in [0.2, 0.25) is 0 Å². The van der Waals surface area contributed by atoms with E-state index < -0.39 is 0 Å². The molecule has 0 heterocycles. The molecule has 0 radical (unpaired) electrons.